The summed E-state index contributed by atoms with van der Waals surface area (Å²) in [6, 6.07) is 13.3. The van der Waals surface area contributed by atoms with Crippen molar-refractivity contribution in [2.75, 3.05) is 7.11 Å². The summed E-state index contributed by atoms with van der Waals surface area (Å²) < 4.78 is 58.8. The summed E-state index contributed by atoms with van der Waals surface area (Å²) in [5.74, 6) is -0.536. The van der Waals surface area contributed by atoms with Gasteiger partial charge in [0.2, 0.25) is 10.0 Å². The highest BCUT2D eigenvalue weighted by molar-refractivity contribution is 7.92. The number of sulfonamides is 1. The van der Waals surface area contributed by atoms with Crippen LogP contribution in [-0.2, 0) is 24.6 Å². The van der Waals surface area contributed by atoms with Crippen molar-refractivity contribution in [2.24, 2.45) is 0 Å². The minimum Gasteiger partial charge on any atom is -0.465 e. The van der Waals surface area contributed by atoms with Gasteiger partial charge in [0.25, 0.3) is 0 Å². The van der Waals surface area contributed by atoms with E-state index in [0.717, 1.165) is 0 Å². The number of carbonyl (C=O) groups excluding carboxylic acids is 1. The van der Waals surface area contributed by atoms with Crippen LogP contribution in [0.25, 0.3) is 0 Å². The number of esters is 1. The predicted molar refractivity (Wildman–Crippen MR) is 110 cm³/mol. The first-order valence-electron chi connectivity index (χ1n) is 9.76. The second-order valence-electron chi connectivity index (χ2n) is 7.69. The van der Waals surface area contributed by atoms with Crippen LogP contribution in [0.2, 0.25) is 0 Å². The van der Waals surface area contributed by atoms with Crippen LogP contribution in [0.5, 0.6) is 0 Å². The number of rotatable bonds is 5. The molecule has 7 nitrogen and oxygen atoms in total. The molecule has 0 aromatic heterocycles. The number of benzene rings is 2. The third kappa shape index (κ3) is 3.55. The Kier molecular flexibility index (Phi) is 5.46. The molecule has 2 atom stereocenters. The van der Waals surface area contributed by atoms with Crippen molar-refractivity contribution in [1.29, 1.82) is 0 Å². The Morgan fingerprint density at radius 3 is 1.97 bits per heavy atom. The molecule has 2 saturated heterocycles. The van der Waals surface area contributed by atoms with Gasteiger partial charge in [-0.3, -0.25) is 0 Å². The van der Waals surface area contributed by atoms with Crippen molar-refractivity contribution in [1.82, 2.24) is 4.31 Å². The number of piperidine rings is 1. The predicted octanol–water partition coefficient (Wildman–Crippen LogP) is 2.63. The van der Waals surface area contributed by atoms with Crippen molar-refractivity contribution in [3.8, 4) is 0 Å². The molecule has 160 valence electrons. The third-order valence-electron chi connectivity index (χ3n) is 5.98. The molecule has 2 aliphatic rings. The molecule has 2 bridgehead atoms. The first-order valence-corrected chi connectivity index (χ1v) is 12.7. The maximum absolute atomic E-state index is 13.3. The van der Waals surface area contributed by atoms with Gasteiger partial charge in [0.15, 0.2) is 9.84 Å². The number of nitrogens with zero attached hydrogens (tertiary/aromatic N) is 1. The standard InChI is InChI=1S/C21H23NO6S2/c1-28-21(23)15-7-11-19(12-8-15)30(26,27)22-16-9-10-17(22)14-20(13-16)29(24,25)18-5-3-2-4-6-18/h2-8,11-12,16-17,20H,9-10,13-14H2,1H3/t16-,17-/m1/s1. The molecule has 2 aromatic rings. The van der Waals surface area contributed by atoms with Crippen LogP contribution in [0.3, 0.4) is 0 Å². The average molecular weight is 450 g/mol. The minimum atomic E-state index is -3.79. The molecule has 0 aliphatic carbocycles. The molecule has 0 spiro atoms. The number of carbonyl (C=O) groups is 1. The second-order valence-corrected chi connectivity index (χ2v) is 11.8. The summed E-state index contributed by atoms with van der Waals surface area (Å²) >= 11 is 0. The van der Waals surface area contributed by atoms with E-state index in [1.165, 1.54) is 35.7 Å². The largest absolute Gasteiger partial charge is 0.465 e. The quantitative estimate of drug-likeness (QED) is 0.651. The van der Waals surface area contributed by atoms with Gasteiger partial charge in [0.05, 0.1) is 27.7 Å². The zero-order chi connectivity index (χ0) is 21.5. The molecular weight excluding hydrogens is 426 g/mol. The lowest BCUT2D eigenvalue weighted by molar-refractivity contribution is 0.0600. The average Bonchev–Trinajstić information content (AvgIpc) is 3.04. The summed E-state index contributed by atoms with van der Waals surface area (Å²) in [4.78, 5) is 12.0. The number of ether oxygens (including phenoxy) is 1. The van der Waals surface area contributed by atoms with Gasteiger partial charge in [-0.25, -0.2) is 21.6 Å². The smallest absolute Gasteiger partial charge is 0.337 e. The van der Waals surface area contributed by atoms with E-state index >= 15 is 0 Å². The Morgan fingerprint density at radius 1 is 0.867 bits per heavy atom. The van der Waals surface area contributed by atoms with Gasteiger partial charge in [-0.1, -0.05) is 18.2 Å². The van der Waals surface area contributed by atoms with Crippen LogP contribution < -0.4 is 0 Å². The number of methoxy groups -OCH3 is 1. The number of sulfone groups is 1. The van der Waals surface area contributed by atoms with Gasteiger partial charge in [0, 0.05) is 12.1 Å². The van der Waals surface area contributed by atoms with Gasteiger partial charge in [0.1, 0.15) is 0 Å². The molecule has 4 rings (SSSR count). The molecular formula is C21H23NO6S2. The monoisotopic (exact) mass is 449 g/mol. The summed E-state index contributed by atoms with van der Waals surface area (Å²) in [6.45, 7) is 0. The first-order chi connectivity index (χ1) is 14.2. The van der Waals surface area contributed by atoms with Crippen LogP contribution in [0, 0.1) is 0 Å². The van der Waals surface area contributed by atoms with Crippen molar-refractivity contribution in [2.45, 2.75) is 52.8 Å². The number of hydrogen-bond donors (Lipinski definition) is 0. The van der Waals surface area contributed by atoms with Crippen molar-refractivity contribution in [3.63, 3.8) is 0 Å². The fraction of sp³-hybridized carbons (Fsp3) is 0.381. The molecule has 2 aromatic carbocycles. The van der Waals surface area contributed by atoms with Gasteiger partial charge >= 0.3 is 5.97 Å². The molecule has 9 heteroatoms. The lowest BCUT2D eigenvalue weighted by Crippen LogP contribution is -2.49. The van der Waals surface area contributed by atoms with Crippen molar-refractivity contribution >= 4 is 25.8 Å². The SMILES string of the molecule is COC(=O)c1ccc(S(=O)(=O)N2[C@@H]3CC[C@@H]2CC(S(=O)(=O)c2ccccc2)C3)cc1. The topological polar surface area (TPSA) is 97.8 Å². The number of hydrogen-bond acceptors (Lipinski definition) is 6. The Morgan fingerprint density at radius 2 is 1.43 bits per heavy atom. The highest BCUT2D eigenvalue weighted by atomic mass is 32.2. The van der Waals surface area contributed by atoms with E-state index in [4.69, 9.17) is 0 Å². The summed E-state index contributed by atoms with van der Waals surface area (Å²) in [7, 11) is -6.04. The highest BCUT2D eigenvalue weighted by Crippen LogP contribution is 2.42. The van der Waals surface area contributed by atoms with Crippen LogP contribution in [-0.4, -0.2) is 51.6 Å². The summed E-state index contributed by atoms with van der Waals surface area (Å²) in [5.41, 5.74) is 0.270. The zero-order valence-corrected chi connectivity index (χ0v) is 18.1. The van der Waals surface area contributed by atoms with E-state index in [-0.39, 0.29) is 40.3 Å². The second kappa shape index (κ2) is 7.79. The Labute approximate surface area is 176 Å². The molecule has 30 heavy (non-hydrogen) atoms. The number of fused-ring (bicyclic) bond motifs is 2. The van der Waals surface area contributed by atoms with Gasteiger partial charge in [-0.15, -0.1) is 0 Å². The fourth-order valence-corrected chi connectivity index (χ4v) is 8.30. The lowest BCUT2D eigenvalue weighted by Gasteiger charge is -2.37. The van der Waals surface area contributed by atoms with Gasteiger partial charge in [-0.2, -0.15) is 4.31 Å². The molecule has 2 fully saturated rings. The highest BCUT2D eigenvalue weighted by Gasteiger charge is 2.50. The molecule has 0 N–H and O–H groups in total. The van der Waals surface area contributed by atoms with Gasteiger partial charge < -0.3 is 4.74 Å². The minimum absolute atomic E-state index is 0.0939. The Hall–Kier alpha value is -2.23. The van der Waals surface area contributed by atoms with Crippen LogP contribution in [0.15, 0.2) is 64.4 Å². The molecule has 2 heterocycles. The van der Waals surface area contributed by atoms with Crippen molar-refractivity contribution < 1.29 is 26.4 Å². The molecule has 2 aliphatic heterocycles. The molecule has 0 radical (unpaired) electrons. The fourth-order valence-electron chi connectivity index (χ4n) is 4.54. The molecule has 0 amide bonds. The van der Waals surface area contributed by atoms with E-state index in [2.05, 4.69) is 4.74 Å². The summed E-state index contributed by atoms with van der Waals surface area (Å²) in [6.07, 6.45) is 1.86. The maximum atomic E-state index is 13.3. The van der Waals surface area contributed by atoms with Crippen LogP contribution in [0.4, 0.5) is 0 Å². The Bertz CT molecular complexity index is 1130. The zero-order valence-electron chi connectivity index (χ0n) is 16.5. The van der Waals surface area contributed by atoms with Crippen LogP contribution >= 0.6 is 0 Å². The molecule has 0 saturated carbocycles. The van der Waals surface area contributed by atoms with Crippen molar-refractivity contribution in [3.05, 3.63) is 60.2 Å². The van der Waals surface area contributed by atoms with Crippen LogP contribution in [0.1, 0.15) is 36.0 Å². The summed E-state index contributed by atoms with van der Waals surface area (Å²) in [5, 5.41) is -0.592. The van der Waals surface area contributed by atoms with E-state index in [0.29, 0.717) is 12.8 Å². The van der Waals surface area contributed by atoms with Gasteiger partial charge in [-0.05, 0) is 62.1 Å². The lowest BCUT2D eigenvalue weighted by atomic mass is 10.1. The van der Waals surface area contributed by atoms with E-state index in [9.17, 15) is 21.6 Å². The maximum Gasteiger partial charge on any atom is 0.337 e. The molecule has 0 unspecified atom stereocenters. The first kappa shape index (κ1) is 21.0. The van der Waals surface area contributed by atoms with E-state index in [1.54, 1.807) is 30.3 Å². The van der Waals surface area contributed by atoms with E-state index < -0.39 is 31.1 Å². The van der Waals surface area contributed by atoms with E-state index in [1.807, 2.05) is 0 Å². The third-order valence-corrected chi connectivity index (χ3v) is 10.2. The Balaban J connectivity index is 1.59. The normalized spacial score (nSPS) is 24.5.